The van der Waals surface area contributed by atoms with Crippen molar-refractivity contribution in [1.82, 2.24) is 0 Å². The van der Waals surface area contributed by atoms with E-state index in [9.17, 15) is 0 Å². The van der Waals surface area contributed by atoms with Crippen molar-refractivity contribution in [2.24, 2.45) is 0 Å². The first-order valence-electron chi connectivity index (χ1n) is 5.52. The van der Waals surface area contributed by atoms with Crippen LogP contribution in [0.15, 0.2) is 48.5 Å². The van der Waals surface area contributed by atoms with Gasteiger partial charge < -0.3 is 0 Å². The van der Waals surface area contributed by atoms with Crippen molar-refractivity contribution in [3.05, 3.63) is 55.7 Å². The zero-order valence-corrected chi connectivity index (χ0v) is 15.2. The van der Waals surface area contributed by atoms with E-state index in [1.807, 2.05) is 0 Å². The van der Waals surface area contributed by atoms with E-state index in [0.29, 0.717) is 0 Å². The number of benzene rings is 2. The SMILES string of the molecule is C[Si](C)(c1ccc(I)cc1)c1ccc(I)cc1. The molecule has 0 fully saturated rings. The molecule has 17 heavy (non-hydrogen) atoms. The Bertz CT molecular complexity index is 453. The molecule has 0 saturated heterocycles. The van der Waals surface area contributed by atoms with Gasteiger partial charge in [0.25, 0.3) is 0 Å². The molecule has 0 aliphatic carbocycles. The van der Waals surface area contributed by atoms with Crippen LogP contribution in [0.3, 0.4) is 0 Å². The summed E-state index contributed by atoms with van der Waals surface area (Å²) in [5.74, 6) is 0. The molecule has 0 nitrogen and oxygen atoms in total. The van der Waals surface area contributed by atoms with Crippen molar-refractivity contribution >= 4 is 63.6 Å². The first kappa shape index (κ1) is 13.5. The Balaban J connectivity index is 2.41. The fraction of sp³-hybridized carbons (Fsp3) is 0.143. The summed E-state index contributed by atoms with van der Waals surface area (Å²) in [5.41, 5.74) is 0. The normalized spacial score (nSPS) is 11.5. The van der Waals surface area contributed by atoms with Crippen LogP contribution in [0, 0.1) is 7.14 Å². The molecular weight excluding hydrogens is 450 g/mol. The second-order valence-electron chi connectivity index (χ2n) is 4.64. The van der Waals surface area contributed by atoms with E-state index in [-0.39, 0.29) is 0 Å². The molecule has 88 valence electrons. The predicted octanol–water partition coefficient (Wildman–Crippen LogP) is 3.72. The second kappa shape index (κ2) is 5.40. The molecule has 0 aliphatic heterocycles. The first-order valence-corrected chi connectivity index (χ1v) is 10.7. The summed E-state index contributed by atoms with van der Waals surface area (Å²) in [5, 5.41) is 3.00. The fourth-order valence-electron chi connectivity index (χ4n) is 1.90. The Morgan fingerprint density at radius 2 is 0.941 bits per heavy atom. The van der Waals surface area contributed by atoms with Gasteiger partial charge in [0.1, 0.15) is 8.07 Å². The Labute approximate surface area is 131 Å². The Kier molecular flexibility index (Phi) is 4.30. The summed E-state index contributed by atoms with van der Waals surface area (Å²) in [6, 6.07) is 18.0. The van der Waals surface area contributed by atoms with Crippen LogP contribution in [-0.4, -0.2) is 8.07 Å². The van der Waals surface area contributed by atoms with E-state index in [2.05, 4.69) is 107 Å². The molecule has 0 aliphatic rings. The lowest BCUT2D eigenvalue weighted by molar-refractivity contribution is 1.62. The Morgan fingerprint density at radius 1 is 0.647 bits per heavy atom. The Hall–Kier alpha value is 0.117. The van der Waals surface area contributed by atoms with Crippen LogP contribution in [-0.2, 0) is 0 Å². The highest BCUT2D eigenvalue weighted by Crippen LogP contribution is 2.09. The van der Waals surface area contributed by atoms with Gasteiger partial charge in [-0.25, -0.2) is 0 Å². The minimum atomic E-state index is -1.51. The minimum absolute atomic E-state index is 1.30. The van der Waals surface area contributed by atoms with Crippen molar-refractivity contribution in [3.8, 4) is 0 Å². The molecule has 2 rings (SSSR count). The van der Waals surface area contributed by atoms with Crippen molar-refractivity contribution < 1.29 is 0 Å². The van der Waals surface area contributed by atoms with Crippen LogP contribution in [0.25, 0.3) is 0 Å². The van der Waals surface area contributed by atoms with E-state index < -0.39 is 8.07 Å². The zero-order chi connectivity index (χ0) is 12.5. The van der Waals surface area contributed by atoms with Crippen LogP contribution in [0.2, 0.25) is 13.1 Å². The summed E-state index contributed by atoms with van der Waals surface area (Å²) >= 11 is 4.72. The third-order valence-corrected chi connectivity index (χ3v) is 8.12. The summed E-state index contributed by atoms with van der Waals surface area (Å²) in [6.07, 6.45) is 0. The molecule has 0 unspecified atom stereocenters. The molecule has 0 heterocycles. The van der Waals surface area contributed by atoms with Gasteiger partial charge in [0, 0.05) is 7.14 Å². The van der Waals surface area contributed by atoms with E-state index in [1.54, 1.807) is 0 Å². The highest BCUT2D eigenvalue weighted by Gasteiger charge is 2.25. The van der Waals surface area contributed by atoms with Gasteiger partial charge in [0.05, 0.1) is 0 Å². The smallest absolute Gasteiger partial charge is 0.0616 e. The minimum Gasteiger partial charge on any atom is -0.0616 e. The zero-order valence-electron chi connectivity index (χ0n) is 9.87. The van der Waals surface area contributed by atoms with Crippen molar-refractivity contribution in [1.29, 1.82) is 0 Å². The molecule has 2 aromatic carbocycles. The number of hydrogen-bond donors (Lipinski definition) is 0. The predicted molar refractivity (Wildman–Crippen MR) is 95.1 cm³/mol. The monoisotopic (exact) mass is 464 g/mol. The van der Waals surface area contributed by atoms with Crippen molar-refractivity contribution in [2.45, 2.75) is 13.1 Å². The highest BCUT2D eigenvalue weighted by atomic mass is 127. The lowest BCUT2D eigenvalue weighted by Gasteiger charge is -2.23. The van der Waals surface area contributed by atoms with Crippen LogP contribution in [0.4, 0.5) is 0 Å². The topological polar surface area (TPSA) is 0 Å². The third kappa shape index (κ3) is 3.11. The van der Waals surface area contributed by atoms with E-state index in [1.165, 1.54) is 17.5 Å². The summed E-state index contributed by atoms with van der Waals surface area (Å²) in [4.78, 5) is 0. The summed E-state index contributed by atoms with van der Waals surface area (Å²) < 4.78 is 2.61. The molecule has 3 heteroatoms. The van der Waals surface area contributed by atoms with Gasteiger partial charge in [-0.05, 0) is 69.4 Å². The lowest BCUT2D eigenvalue weighted by Crippen LogP contribution is -2.52. The second-order valence-corrected chi connectivity index (χ2v) is 11.5. The molecule has 0 atom stereocenters. The summed E-state index contributed by atoms with van der Waals surface area (Å²) in [7, 11) is -1.51. The molecule has 0 N–H and O–H groups in total. The summed E-state index contributed by atoms with van der Waals surface area (Å²) in [6.45, 7) is 4.83. The highest BCUT2D eigenvalue weighted by molar-refractivity contribution is 14.1. The molecule has 0 bridgehead atoms. The number of hydrogen-bond acceptors (Lipinski definition) is 0. The molecule has 2 aromatic rings. The van der Waals surface area contributed by atoms with E-state index >= 15 is 0 Å². The average Bonchev–Trinajstić information content (AvgIpc) is 2.30. The lowest BCUT2D eigenvalue weighted by atomic mass is 10.4. The number of halogens is 2. The van der Waals surface area contributed by atoms with Crippen molar-refractivity contribution in [3.63, 3.8) is 0 Å². The van der Waals surface area contributed by atoms with Gasteiger partial charge in [-0.2, -0.15) is 0 Å². The van der Waals surface area contributed by atoms with Crippen LogP contribution in [0.1, 0.15) is 0 Å². The molecule has 0 spiro atoms. The fourth-order valence-corrected chi connectivity index (χ4v) is 4.95. The van der Waals surface area contributed by atoms with Gasteiger partial charge in [-0.3, -0.25) is 0 Å². The Morgan fingerprint density at radius 3 is 1.24 bits per heavy atom. The third-order valence-electron chi connectivity index (χ3n) is 3.13. The largest absolute Gasteiger partial charge is 0.112 e. The van der Waals surface area contributed by atoms with Crippen LogP contribution < -0.4 is 10.4 Å². The molecular formula is C14H14I2Si. The standard InChI is InChI=1S/C14H14I2Si/c1-17(2,13-7-3-11(15)4-8-13)14-9-5-12(16)6-10-14/h3-10H,1-2H3. The van der Waals surface area contributed by atoms with Gasteiger partial charge in [0.15, 0.2) is 0 Å². The quantitative estimate of drug-likeness (QED) is 0.470. The maximum atomic E-state index is 2.41. The average molecular weight is 464 g/mol. The molecule has 0 amide bonds. The van der Waals surface area contributed by atoms with Gasteiger partial charge >= 0.3 is 0 Å². The van der Waals surface area contributed by atoms with Crippen LogP contribution in [0.5, 0.6) is 0 Å². The van der Waals surface area contributed by atoms with E-state index in [0.717, 1.165) is 0 Å². The van der Waals surface area contributed by atoms with Gasteiger partial charge in [-0.1, -0.05) is 47.7 Å². The molecule has 0 saturated carbocycles. The van der Waals surface area contributed by atoms with Crippen molar-refractivity contribution in [2.75, 3.05) is 0 Å². The maximum absolute atomic E-state index is 2.41. The number of rotatable bonds is 2. The van der Waals surface area contributed by atoms with Crippen LogP contribution >= 0.6 is 45.2 Å². The molecule has 0 aromatic heterocycles. The van der Waals surface area contributed by atoms with Gasteiger partial charge in [0.2, 0.25) is 0 Å². The first-order chi connectivity index (χ1) is 8.00. The molecule has 0 radical (unpaired) electrons. The maximum Gasteiger partial charge on any atom is 0.112 e. The van der Waals surface area contributed by atoms with E-state index in [4.69, 9.17) is 0 Å². The van der Waals surface area contributed by atoms with Gasteiger partial charge in [-0.15, -0.1) is 0 Å².